The van der Waals surface area contributed by atoms with Gasteiger partial charge in [0.25, 0.3) is 5.91 Å². The lowest BCUT2D eigenvalue weighted by Gasteiger charge is -1.97. The molecule has 1 saturated heterocycles. The topological polar surface area (TPSA) is 59.8 Å². The van der Waals surface area contributed by atoms with Crippen LogP contribution in [0.1, 0.15) is 5.69 Å². The maximum absolute atomic E-state index is 11.6. The molecule has 0 radical (unpaired) electrons. The third-order valence-corrected chi connectivity index (χ3v) is 3.83. The lowest BCUT2D eigenvalue weighted by Crippen LogP contribution is -2.19. The Morgan fingerprint density at radius 3 is 3.00 bits per heavy atom. The first-order valence-electron chi connectivity index (χ1n) is 5.57. The smallest absolute Gasteiger partial charge is 0.259 e. The van der Waals surface area contributed by atoms with Gasteiger partial charge in [0.1, 0.15) is 4.71 Å². The molecule has 1 amide bonds. The molecule has 0 aliphatic carbocycles. The minimum absolute atomic E-state index is 0.114. The average molecular weight is 290 g/mol. The van der Waals surface area contributed by atoms with Gasteiger partial charge in [-0.15, -0.1) is 12.6 Å². The van der Waals surface area contributed by atoms with Gasteiger partial charge in [-0.1, -0.05) is 17.8 Å². The molecule has 1 N–H and O–H groups in total. The first-order chi connectivity index (χ1) is 9.22. The van der Waals surface area contributed by atoms with Crippen molar-refractivity contribution >= 4 is 36.4 Å². The Kier molecular flexibility index (Phi) is 3.31. The standard InChI is InChI=1S/C12H10N4OS2/c17-11-9(19-12(18)14-11)7-8-4-6-16(15-8)10-3-1-2-5-13-10/h1-7,12,18H,(H,14,17)/b9-7-. The summed E-state index contributed by atoms with van der Waals surface area (Å²) in [5.74, 6) is 0.625. The molecule has 1 unspecified atom stereocenters. The average Bonchev–Trinajstić information content (AvgIpc) is 2.99. The molecule has 1 aliphatic heterocycles. The van der Waals surface area contributed by atoms with Gasteiger partial charge in [-0.25, -0.2) is 9.67 Å². The van der Waals surface area contributed by atoms with E-state index < -0.39 is 0 Å². The van der Waals surface area contributed by atoms with Crippen LogP contribution in [0.25, 0.3) is 11.9 Å². The van der Waals surface area contributed by atoms with Gasteiger partial charge >= 0.3 is 0 Å². The van der Waals surface area contributed by atoms with Crippen LogP contribution in [0.15, 0.2) is 41.6 Å². The van der Waals surface area contributed by atoms with E-state index in [-0.39, 0.29) is 10.6 Å². The predicted molar refractivity (Wildman–Crippen MR) is 77.8 cm³/mol. The second-order valence-electron chi connectivity index (χ2n) is 3.83. The van der Waals surface area contributed by atoms with E-state index in [1.807, 2.05) is 30.5 Å². The number of hydrogen-bond donors (Lipinski definition) is 2. The summed E-state index contributed by atoms with van der Waals surface area (Å²) in [6, 6.07) is 7.45. The molecule has 0 aromatic carbocycles. The quantitative estimate of drug-likeness (QED) is 0.652. The molecule has 19 heavy (non-hydrogen) atoms. The van der Waals surface area contributed by atoms with E-state index in [4.69, 9.17) is 0 Å². The Balaban J connectivity index is 1.87. The van der Waals surface area contributed by atoms with Crippen LogP contribution < -0.4 is 5.32 Å². The number of hydrogen-bond acceptors (Lipinski definition) is 5. The Hall–Kier alpha value is -1.73. The molecule has 1 fully saturated rings. The molecule has 5 nitrogen and oxygen atoms in total. The zero-order valence-corrected chi connectivity index (χ0v) is 11.4. The summed E-state index contributed by atoms with van der Waals surface area (Å²) in [6.45, 7) is 0. The van der Waals surface area contributed by atoms with E-state index in [2.05, 4.69) is 28.0 Å². The highest BCUT2D eigenvalue weighted by Gasteiger charge is 2.24. The third-order valence-electron chi connectivity index (χ3n) is 2.49. The van der Waals surface area contributed by atoms with Gasteiger partial charge in [0.2, 0.25) is 0 Å². The zero-order valence-electron chi connectivity index (χ0n) is 9.72. The number of carbonyl (C=O) groups is 1. The van der Waals surface area contributed by atoms with E-state index in [0.717, 1.165) is 5.82 Å². The van der Waals surface area contributed by atoms with Crippen LogP contribution in [-0.4, -0.2) is 25.4 Å². The fraction of sp³-hybridized carbons (Fsp3) is 0.0833. The number of thioether (sulfide) groups is 1. The van der Waals surface area contributed by atoms with Gasteiger partial charge in [0, 0.05) is 12.4 Å². The minimum Gasteiger partial charge on any atom is -0.331 e. The Morgan fingerprint density at radius 1 is 1.42 bits per heavy atom. The molecular formula is C12H10N4OS2. The molecule has 1 aliphatic rings. The van der Waals surface area contributed by atoms with Crippen molar-refractivity contribution in [3.63, 3.8) is 0 Å². The van der Waals surface area contributed by atoms with Crippen molar-refractivity contribution in [2.75, 3.05) is 0 Å². The molecule has 0 bridgehead atoms. The maximum atomic E-state index is 11.6. The maximum Gasteiger partial charge on any atom is 0.259 e. The zero-order chi connectivity index (χ0) is 13.2. The van der Waals surface area contributed by atoms with E-state index >= 15 is 0 Å². The minimum atomic E-state index is -0.184. The molecule has 0 saturated carbocycles. The van der Waals surface area contributed by atoms with E-state index in [1.54, 1.807) is 17.0 Å². The van der Waals surface area contributed by atoms with Gasteiger partial charge in [-0.2, -0.15) is 5.10 Å². The SMILES string of the molecule is O=C1NC(S)S/C1=C\c1ccn(-c2ccccn2)n1. The van der Waals surface area contributed by atoms with Crippen molar-refractivity contribution in [3.05, 3.63) is 47.3 Å². The van der Waals surface area contributed by atoms with Crippen LogP contribution in [0.2, 0.25) is 0 Å². The lowest BCUT2D eigenvalue weighted by atomic mass is 10.4. The summed E-state index contributed by atoms with van der Waals surface area (Å²) in [6.07, 6.45) is 5.26. The van der Waals surface area contributed by atoms with Gasteiger partial charge in [-0.05, 0) is 24.3 Å². The summed E-state index contributed by atoms with van der Waals surface area (Å²) in [4.78, 5) is 16.4. The molecular weight excluding hydrogens is 280 g/mol. The highest BCUT2D eigenvalue weighted by atomic mass is 32.2. The number of thiol groups is 1. The van der Waals surface area contributed by atoms with E-state index in [0.29, 0.717) is 10.6 Å². The van der Waals surface area contributed by atoms with Crippen molar-refractivity contribution in [3.8, 4) is 5.82 Å². The van der Waals surface area contributed by atoms with Crippen molar-refractivity contribution in [2.24, 2.45) is 0 Å². The van der Waals surface area contributed by atoms with Crippen LogP contribution in [0.3, 0.4) is 0 Å². The van der Waals surface area contributed by atoms with Crippen molar-refractivity contribution < 1.29 is 4.79 Å². The van der Waals surface area contributed by atoms with Gasteiger partial charge < -0.3 is 5.32 Å². The number of rotatable bonds is 2. The Labute approximate surface area is 119 Å². The molecule has 3 rings (SSSR count). The summed E-state index contributed by atoms with van der Waals surface area (Å²) in [7, 11) is 0. The summed E-state index contributed by atoms with van der Waals surface area (Å²) in [5.41, 5.74) is 0.714. The van der Waals surface area contributed by atoms with Crippen LogP contribution in [0.4, 0.5) is 0 Å². The fourth-order valence-electron chi connectivity index (χ4n) is 1.65. The number of carbonyl (C=O) groups excluding carboxylic acids is 1. The van der Waals surface area contributed by atoms with Gasteiger partial charge in [0.15, 0.2) is 5.82 Å². The van der Waals surface area contributed by atoms with Crippen molar-refractivity contribution in [1.82, 2.24) is 20.1 Å². The molecule has 0 spiro atoms. The van der Waals surface area contributed by atoms with E-state index in [1.165, 1.54) is 11.8 Å². The number of aromatic nitrogens is 3. The first kappa shape index (κ1) is 12.3. The third kappa shape index (κ3) is 2.66. The van der Waals surface area contributed by atoms with Crippen LogP contribution in [-0.2, 0) is 4.79 Å². The first-order valence-corrected chi connectivity index (χ1v) is 6.96. The Morgan fingerprint density at radius 2 is 2.32 bits per heavy atom. The molecule has 2 aromatic heterocycles. The second kappa shape index (κ2) is 5.10. The van der Waals surface area contributed by atoms with Gasteiger partial charge in [-0.3, -0.25) is 4.79 Å². The van der Waals surface area contributed by atoms with Crippen molar-refractivity contribution in [1.29, 1.82) is 0 Å². The molecule has 2 aromatic rings. The second-order valence-corrected chi connectivity index (χ2v) is 5.84. The molecule has 96 valence electrons. The van der Waals surface area contributed by atoms with Crippen LogP contribution >= 0.6 is 24.4 Å². The largest absolute Gasteiger partial charge is 0.331 e. The number of nitrogens with one attached hydrogen (secondary N) is 1. The van der Waals surface area contributed by atoms with E-state index in [9.17, 15) is 4.79 Å². The number of pyridine rings is 1. The Bertz CT molecular complexity index is 638. The van der Waals surface area contributed by atoms with Gasteiger partial charge in [0.05, 0.1) is 10.6 Å². The number of nitrogens with zero attached hydrogens (tertiary/aromatic N) is 3. The van der Waals surface area contributed by atoms with Crippen LogP contribution in [0.5, 0.6) is 0 Å². The number of amides is 1. The molecule has 7 heteroatoms. The van der Waals surface area contributed by atoms with Crippen molar-refractivity contribution in [2.45, 2.75) is 4.71 Å². The highest BCUT2D eigenvalue weighted by molar-refractivity contribution is 8.14. The summed E-state index contributed by atoms with van der Waals surface area (Å²) < 4.78 is 1.49. The van der Waals surface area contributed by atoms with Crippen LogP contribution in [0, 0.1) is 0 Å². The molecule has 3 heterocycles. The monoisotopic (exact) mass is 290 g/mol. The lowest BCUT2D eigenvalue weighted by molar-refractivity contribution is -0.116. The fourth-order valence-corrected chi connectivity index (χ4v) is 2.87. The summed E-state index contributed by atoms with van der Waals surface area (Å²) in [5, 5.41) is 7.06. The predicted octanol–water partition coefficient (Wildman–Crippen LogP) is 1.68. The highest BCUT2D eigenvalue weighted by Crippen LogP contribution is 2.30. The normalized spacial score (nSPS) is 20.8. The summed E-state index contributed by atoms with van der Waals surface area (Å²) >= 11 is 5.57. The molecule has 1 atom stereocenters.